The number of rotatable bonds is 8. The molecule has 0 aliphatic rings. The van der Waals surface area contributed by atoms with E-state index in [0.717, 1.165) is 19.3 Å². The monoisotopic (exact) mass is 292 g/mol. The molecule has 0 bridgehead atoms. The van der Waals surface area contributed by atoms with Gasteiger partial charge in [-0.2, -0.15) is 0 Å². The molecular formula is C16H24N2O3. The predicted molar refractivity (Wildman–Crippen MR) is 80.8 cm³/mol. The van der Waals surface area contributed by atoms with E-state index in [1.54, 1.807) is 12.1 Å². The van der Waals surface area contributed by atoms with Crippen LogP contribution >= 0.6 is 0 Å². The van der Waals surface area contributed by atoms with E-state index in [0.29, 0.717) is 11.5 Å². The Morgan fingerprint density at radius 1 is 1.19 bits per heavy atom. The van der Waals surface area contributed by atoms with Crippen LogP contribution in [0.1, 0.15) is 50.4 Å². The van der Waals surface area contributed by atoms with Gasteiger partial charge in [0.1, 0.15) is 0 Å². The van der Waals surface area contributed by atoms with E-state index in [1.807, 2.05) is 6.92 Å². The van der Waals surface area contributed by atoms with Gasteiger partial charge in [0.05, 0.1) is 5.56 Å². The Morgan fingerprint density at radius 3 is 2.48 bits per heavy atom. The highest BCUT2D eigenvalue weighted by Gasteiger charge is 2.11. The Balaban J connectivity index is 2.23. The third-order valence-electron chi connectivity index (χ3n) is 3.08. The molecule has 0 aliphatic heterocycles. The Labute approximate surface area is 126 Å². The molecule has 0 aromatic carbocycles. The molecule has 1 N–H and O–H groups in total. The number of hydrogen-bond donors (Lipinski definition) is 1. The van der Waals surface area contributed by atoms with Crippen molar-refractivity contribution in [3.8, 4) is 0 Å². The molecule has 1 heterocycles. The quantitative estimate of drug-likeness (QED) is 0.748. The molecule has 0 saturated carbocycles. The van der Waals surface area contributed by atoms with E-state index >= 15 is 0 Å². The number of esters is 1. The fraction of sp³-hybridized carbons (Fsp3) is 0.562. The van der Waals surface area contributed by atoms with E-state index in [1.165, 1.54) is 12.4 Å². The van der Waals surface area contributed by atoms with E-state index in [2.05, 4.69) is 24.1 Å². The Bertz CT molecular complexity index is 446. The van der Waals surface area contributed by atoms with Gasteiger partial charge in [-0.25, -0.2) is 4.79 Å². The van der Waals surface area contributed by atoms with Crippen molar-refractivity contribution in [3.05, 3.63) is 30.1 Å². The lowest BCUT2D eigenvalue weighted by Gasteiger charge is -2.14. The minimum atomic E-state index is -0.514. The minimum Gasteiger partial charge on any atom is -0.452 e. The lowest BCUT2D eigenvalue weighted by molar-refractivity contribution is -0.124. The highest BCUT2D eigenvalue weighted by molar-refractivity contribution is 5.91. The van der Waals surface area contributed by atoms with Gasteiger partial charge in [-0.1, -0.05) is 26.7 Å². The van der Waals surface area contributed by atoms with Crippen molar-refractivity contribution in [2.45, 2.75) is 46.1 Å². The summed E-state index contributed by atoms with van der Waals surface area (Å²) in [6.45, 7) is 6.07. The van der Waals surface area contributed by atoms with Gasteiger partial charge < -0.3 is 10.1 Å². The van der Waals surface area contributed by atoms with E-state index in [9.17, 15) is 9.59 Å². The number of aromatic nitrogens is 1. The molecule has 1 atom stereocenters. The van der Waals surface area contributed by atoms with Gasteiger partial charge >= 0.3 is 5.97 Å². The third kappa shape index (κ3) is 7.44. The summed E-state index contributed by atoms with van der Waals surface area (Å²) in [6, 6.07) is 3.19. The van der Waals surface area contributed by atoms with Crippen molar-refractivity contribution in [1.29, 1.82) is 0 Å². The van der Waals surface area contributed by atoms with Crippen molar-refractivity contribution < 1.29 is 14.3 Å². The zero-order valence-electron chi connectivity index (χ0n) is 13.0. The van der Waals surface area contributed by atoms with E-state index < -0.39 is 5.97 Å². The topological polar surface area (TPSA) is 68.3 Å². The molecule has 0 aliphatic carbocycles. The number of hydrogen-bond acceptors (Lipinski definition) is 4. The lowest BCUT2D eigenvalue weighted by Crippen LogP contribution is -2.35. The summed E-state index contributed by atoms with van der Waals surface area (Å²) in [7, 11) is 0. The fourth-order valence-electron chi connectivity index (χ4n) is 1.92. The first-order chi connectivity index (χ1) is 9.99. The zero-order valence-corrected chi connectivity index (χ0v) is 13.0. The molecule has 21 heavy (non-hydrogen) atoms. The SMILES string of the molecule is CC(C)CCCC(C)NC(=O)COC(=O)c1ccncc1. The first kappa shape index (κ1) is 17.1. The summed E-state index contributed by atoms with van der Waals surface area (Å²) in [5, 5.41) is 2.83. The molecule has 0 radical (unpaired) electrons. The van der Waals surface area contributed by atoms with Gasteiger partial charge in [0.15, 0.2) is 6.61 Å². The smallest absolute Gasteiger partial charge is 0.338 e. The highest BCUT2D eigenvalue weighted by atomic mass is 16.5. The normalized spacial score (nSPS) is 12.0. The maximum atomic E-state index is 11.7. The number of ether oxygens (including phenoxy) is 1. The van der Waals surface area contributed by atoms with Crippen LogP contribution in [0.3, 0.4) is 0 Å². The number of amides is 1. The largest absolute Gasteiger partial charge is 0.452 e. The predicted octanol–water partition coefficient (Wildman–Crippen LogP) is 2.57. The third-order valence-corrected chi connectivity index (χ3v) is 3.08. The number of nitrogens with zero attached hydrogens (tertiary/aromatic N) is 1. The van der Waals surface area contributed by atoms with Crippen LogP contribution in [0.2, 0.25) is 0 Å². The Hall–Kier alpha value is -1.91. The first-order valence-electron chi connectivity index (χ1n) is 7.35. The van der Waals surface area contributed by atoms with Crippen LogP contribution in [0.5, 0.6) is 0 Å². The summed E-state index contributed by atoms with van der Waals surface area (Å²) < 4.78 is 4.95. The maximum Gasteiger partial charge on any atom is 0.338 e. The van der Waals surface area contributed by atoms with Gasteiger partial charge in [-0.15, -0.1) is 0 Å². The number of carbonyl (C=O) groups is 2. The summed E-state index contributed by atoms with van der Waals surface area (Å²) >= 11 is 0. The molecule has 5 nitrogen and oxygen atoms in total. The molecule has 0 fully saturated rings. The second kappa shape index (κ2) is 9.10. The van der Waals surface area contributed by atoms with Crippen molar-refractivity contribution >= 4 is 11.9 Å². The van der Waals surface area contributed by atoms with Crippen LogP contribution in [0, 0.1) is 5.92 Å². The number of carbonyl (C=O) groups excluding carboxylic acids is 2. The average molecular weight is 292 g/mol. The molecule has 1 rings (SSSR count). The number of nitrogens with one attached hydrogen (secondary N) is 1. The molecule has 5 heteroatoms. The summed E-state index contributed by atoms with van der Waals surface area (Å²) in [6.07, 6.45) is 6.18. The summed E-state index contributed by atoms with van der Waals surface area (Å²) in [4.78, 5) is 27.2. The van der Waals surface area contributed by atoms with Gasteiger partial charge in [-0.05, 0) is 31.4 Å². The van der Waals surface area contributed by atoms with Crippen LogP contribution in [-0.2, 0) is 9.53 Å². The van der Waals surface area contributed by atoms with Gasteiger partial charge in [0, 0.05) is 18.4 Å². The van der Waals surface area contributed by atoms with Crippen molar-refractivity contribution in [3.63, 3.8) is 0 Å². The van der Waals surface area contributed by atoms with Crippen molar-refractivity contribution in [1.82, 2.24) is 10.3 Å². The molecule has 0 spiro atoms. The molecule has 1 unspecified atom stereocenters. The van der Waals surface area contributed by atoms with Crippen molar-refractivity contribution in [2.75, 3.05) is 6.61 Å². The van der Waals surface area contributed by atoms with Crippen molar-refractivity contribution in [2.24, 2.45) is 5.92 Å². The molecule has 116 valence electrons. The van der Waals surface area contributed by atoms with Crippen LogP contribution in [0.15, 0.2) is 24.5 Å². The van der Waals surface area contributed by atoms with E-state index in [-0.39, 0.29) is 18.6 Å². The second-order valence-corrected chi connectivity index (χ2v) is 5.61. The Kier molecular flexibility index (Phi) is 7.43. The van der Waals surface area contributed by atoms with Gasteiger partial charge in [-0.3, -0.25) is 9.78 Å². The summed E-state index contributed by atoms with van der Waals surface area (Å²) in [5.74, 6) is -0.108. The molecule has 1 aromatic rings. The van der Waals surface area contributed by atoms with Gasteiger partial charge in [0.25, 0.3) is 5.91 Å². The zero-order chi connectivity index (χ0) is 15.7. The maximum absolute atomic E-state index is 11.7. The van der Waals surface area contributed by atoms with Crippen LogP contribution in [-0.4, -0.2) is 29.5 Å². The minimum absolute atomic E-state index is 0.0934. The number of pyridine rings is 1. The highest BCUT2D eigenvalue weighted by Crippen LogP contribution is 2.08. The van der Waals surface area contributed by atoms with Crippen LogP contribution < -0.4 is 5.32 Å². The van der Waals surface area contributed by atoms with E-state index in [4.69, 9.17) is 4.74 Å². The Morgan fingerprint density at radius 2 is 1.86 bits per heavy atom. The van der Waals surface area contributed by atoms with Crippen LogP contribution in [0.25, 0.3) is 0 Å². The molecular weight excluding hydrogens is 268 g/mol. The molecule has 0 saturated heterocycles. The lowest BCUT2D eigenvalue weighted by atomic mass is 10.0. The molecule has 1 aromatic heterocycles. The summed E-state index contributed by atoms with van der Waals surface area (Å²) in [5.41, 5.74) is 0.391. The second-order valence-electron chi connectivity index (χ2n) is 5.61. The first-order valence-corrected chi connectivity index (χ1v) is 7.35. The standard InChI is InChI=1S/C16H24N2O3/c1-12(2)5-4-6-13(3)18-15(19)11-21-16(20)14-7-9-17-10-8-14/h7-10,12-13H,4-6,11H2,1-3H3,(H,18,19). The average Bonchev–Trinajstić information content (AvgIpc) is 2.45. The van der Waals surface area contributed by atoms with Gasteiger partial charge in [0.2, 0.25) is 0 Å². The molecule has 1 amide bonds. The van der Waals surface area contributed by atoms with Crippen LogP contribution in [0.4, 0.5) is 0 Å². The fourth-order valence-corrected chi connectivity index (χ4v) is 1.92.